The van der Waals surface area contributed by atoms with Gasteiger partial charge in [0, 0.05) is 5.92 Å². The van der Waals surface area contributed by atoms with Gasteiger partial charge in [-0.2, -0.15) is 4.98 Å². The lowest BCUT2D eigenvalue weighted by Gasteiger charge is -2.07. The maximum atomic E-state index is 13.4. The Labute approximate surface area is 129 Å². The van der Waals surface area contributed by atoms with Crippen LogP contribution in [0, 0.1) is 11.6 Å². The first-order valence-electron chi connectivity index (χ1n) is 6.90. The van der Waals surface area contributed by atoms with Gasteiger partial charge in [-0.25, -0.2) is 8.78 Å². The zero-order chi connectivity index (χ0) is 16.4. The molecule has 0 atom stereocenters. The van der Waals surface area contributed by atoms with Crippen LogP contribution in [0.1, 0.15) is 30.5 Å². The number of carbonyl (C=O) groups excluding carboxylic acids is 2. The van der Waals surface area contributed by atoms with E-state index in [1.165, 1.54) is 0 Å². The van der Waals surface area contributed by atoms with Crippen LogP contribution in [-0.2, 0) is 16.1 Å². The van der Waals surface area contributed by atoms with E-state index in [0.717, 1.165) is 31.0 Å². The van der Waals surface area contributed by atoms with Crippen molar-refractivity contribution in [2.24, 2.45) is 0 Å². The average molecular weight is 322 g/mol. The van der Waals surface area contributed by atoms with E-state index in [1.54, 1.807) is 0 Å². The van der Waals surface area contributed by atoms with Gasteiger partial charge in [-0.15, -0.1) is 0 Å². The molecule has 0 unspecified atom stereocenters. The van der Waals surface area contributed by atoms with Crippen molar-refractivity contribution in [1.82, 2.24) is 15.5 Å². The highest BCUT2D eigenvalue weighted by molar-refractivity contribution is 6.39. The maximum Gasteiger partial charge on any atom is 0.313 e. The van der Waals surface area contributed by atoms with Crippen molar-refractivity contribution in [3.63, 3.8) is 0 Å². The molecule has 1 saturated carbocycles. The fourth-order valence-electron chi connectivity index (χ4n) is 1.87. The lowest BCUT2D eigenvalue weighted by molar-refractivity contribution is -0.136. The summed E-state index contributed by atoms with van der Waals surface area (Å²) in [6.07, 6.45) is 2.00. The van der Waals surface area contributed by atoms with Crippen LogP contribution in [0.4, 0.5) is 14.5 Å². The van der Waals surface area contributed by atoms with Crippen LogP contribution >= 0.6 is 0 Å². The van der Waals surface area contributed by atoms with Crippen LogP contribution in [0.3, 0.4) is 0 Å². The van der Waals surface area contributed by atoms with E-state index in [0.29, 0.717) is 11.7 Å². The van der Waals surface area contributed by atoms with E-state index < -0.39 is 29.1 Å². The Morgan fingerprint density at radius 3 is 2.57 bits per heavy atom. The van der Waals surface area contributed by atoms with Crippen molar-refractivity contribution in [3.8, 4) is 0 Å². The molecule has 0 radical (unpaired) electrons. The highest BCUT2D eigenvalue weighted by Crippen LogP contribution is 2.38. The van der Waals surface area contributed by atoms with E-state index >= 15 is 0 Å². The molecule has 1 aromatic carbocycles. The number of aromatic nitrogens is 2. The zero-order valence-corrected chi connectivity index (χ0v) is 11.8. The van der Waals surface area contributed by atoms with Crippen molar-refractivity contribution < 1.29 is 22.9 Å². The first kappa shape index (κ1) is 15.1. The Bertz CT molecular complexity index is 738. The summed E-state index contributed by atoms with van der Waals surface area (Å²) in [6, 6.07) is 3.08. The summed E-state index contributed by atoms with van der Waals surface area (Å²) in [5, 5.41) is 7.87. The predicted octanol–water partition coefficient (Wildman–Crippen LogP) is 1.48. The van der Waals surface area contributed by atoms with Crippen LogP contribution in [0.25, 0.3) is 0 Å². The van der Waals surface area contributed by atoms with Crippen LogP contribution < -0.4 is 10.6 Å². The summed E-state index contributed by atoms with van der Waals surface area (Å²) in [7, 11) is 0. The molecule has 3 rings (SSSR count). The van der Waals surface area contributed by atoms with Gasteiger partial charge < -0.3 is 15.2 Å². The van der Waals surface area contributed by atoms with Gasteiger partial charge in [-0.1, -0.05) is 11.2 Å². The summed E-state index contributed by atoms with van der Waals surface area (Å²) in [6.45, 7) is -0.147. The predicted molar refractivity (Wildman–Crippen MR) is 73.1 cm³/mol. The molecule has 2 N–H and O–H groups in total. The zero-order valence-electron chi connectivity index (χ0n) is 11.8. The van der Waals surface area contributed by atoms with E-state index in [1.807, 2.05) is 5.32 Å². The number of hydrogen-bond acceptors (Lipinski definition) is 5. The largest absolute Gasteiger partial charge is 0.339 e. The molecule has 0 aliphatic heterocycles. The van der Waals surface area contributed by atoms with Gasteiger partial charge in [0.05, 0.1) is 6.54 Å². The third-order valence-electron chi connectivity index (χ3n) is 3.23. The second kappa shape index (κ2) is 6.11. The SMILES string of the molecule is O=C(NCc1nc(C2CC2)no1)C(=O)Nc1c(F)cccc1F. The normalized spacial score (nSPS) is 13.7. The van der Waals surface area contributed by atoms with Gasteiger partial charge in [0.2, 0.25) is 5.89 Å². The quantitative estimate of drug-likeness (QED) is 0.831. The molecule has 0 bridgehead atoms. The highest BCUT2D eigenvalue weighted by Gasteiger charge is 2.29. The number of halogens is 2. The molecule has 0 spiro atoms. The van der Waals surface area contributed by atoms with Crippen molar-refractivity contribution in [2.75, 3.05) is 5.32 Å². The van der Waals surface area contributed by atoms with Crippen molar-refractivity contribution in [1.29, 1.82) is 0 Å². The van der Waals surface area contributed by atoms with Gasteiger partial charge in [0.25, 0.3) is 0 Å². The topological polar surface area (TPSA) is 97.1 Å². The lowest BCUT2D eigenvalue weighted by atomic mass is 10.3. The molecule has 23 heavy (non-hydrogen) atoms. The van der Waals surface area contributed by atoms with Crippen LogP contribution in [-0.4, -0.2) is 22.0 Å². The van der Waals surface area contributed by atoms with Gasteiger partial charge in [-0.05, 0) is 25.0 Å². The molecular weight excluding hydrogens is 310 g/mol. The molecule has 120 valence electrons. The monoisotopic (exact) mass is 322 g/mol. The average Bonchev–Trinajstić information content (AvgIpc) is 3.27. The Morgan fingerprint density at radius 2 is 1.91 bits per heavy atom. The van der Waals surface area contributed by atoms with Gasteiger partial charge in [-0.3, -0.25) is 9.59 Å². The third kappa shape index (κ3) is 3.50. The fraction of sp³-hybridized carbons (Fsp3) is 0.286. The second-order valence-corrected chi connectivity index (χ2v) is 5.05. The molecule has 1 aliphatic rings. The number of rotatable bonds is 4. The number of nitrogens with one attached hydrogen (secondary N) is 2. The Kier molecular flexibility index (Phi) is 4.00. The molecular formula is C14H12F2N4O3. The first-order chi connectivity index (χ1) is 11.0. The molecule has 1 fully saturated rings. The minimum Gasteiger partial charge on any atom is -0.339 e. The Balaban J connectivity index is 1.55. The first-order valence-corrected chi connectivity index (χ1v) is 6.90. The fourth-order valence-corrected chi connectivity index (χ4v) is 1.87. The van der Waals surface area contributed by atoms with Gasteiger partial charge >= 0.3 is 11.8 Å². The molecule has 2 aromatic rings. The van der Waals surface area contributed by atoms with Crippen LogP contribution in [0.15, 0.2) is 22.7 Å². The number of nitrogens with zero attached hydrogens (tertiary/aromatic N) is 2. The number of amides is 2. The van der Waals surface area contributed by atoms with Crippen molar-refractivity contribution in [3.05, 3.63) is 41.5 Å². The Morgan fingerprint density at radius 1 is 1.22 bits per heavy atom. The summed E-state index contributed by atoms with van der Waals surface area (Å²) in [5.74, 6) is -3.18. The number of para-hydroxylation sites is 1. The molecule has 9 heteroatoms. The lowest BCUT2D eigenvalue weighted by Crippen LogP contribution is -2.35. The summed E-state index contributed by atoms with van der Waals surface area (Å²) >= 11 is 0. The highest BCUT2D eigenvalue weighted by atomic mass is 19.1. The van der Waals surface area contributed by atoms with E-state index in [2.05, 4.69) is 15.5 Å². The summed E-state index contributed by atoms with van der Waals surface area (Å²) < 4.78 is 31.7. The van der Waals surface area contributed by atoms with Crippen molar-refractivity contribution in [2.45, 2.75) is 25.3 Å². The Hall–Kier alpha value is -2.84. The van der Waals surface area contributed by atoms with Gasteiger partial charge in [0.15, 0.2) is 5.82 Å². The molecule has 1 aliphatic carbocycles. The van der Waals surface area contributed by atoms with Crippen molar-refractivity contribution >= 4 is 17.5 Å². The van der Waals surface area contributed by atoms with E-state index in [4.69, 9.17) is 4.52 Å². The van der Waals surface area contributed by atoms with Crippen LogP contribution in [0.2, 0.25) is 0 Å². The number of carbonyl (C=O) groups is 2. The molecule has 0 saturated heterocycles. The number of hydrogen-bond donors (Lipinski definition) is 2. The number of anilines is 1. The minimum absolute atomic E-state index is 0.147. The molecule has 7 nitrogen and oxygen atoms in total. The van der Waals surface area contributed by atoms with E-state index in [9.17, 15) is 18.4 Å². The molecule has 1 heterocycles. The minimum atomic E-state index is -1.20. The van der Waals surface area contributed by atoms with Crippen LogP contribution in [0.5, 0.6) is 0 Å². The maximum absolute atomic E-state index is 13.4. The standard InChI is InChI=1S/C14H12F2N4O3/c15-8-2-1-3-9(16)11(8)19-14(22)13(21)17-6-10-18-12(20-23-10)7-4-5-7/h1-3,7H,4-6H2,(H,17,21)(H,19,22). The van der Waals surface area contributed by atoms with Gasteiger partial charge in [0.1, 0.15) is 17.3 Å². The second-order valence-electron chi connectivity index (χ2n) is 5.05. The number of benzene rings is 1. The smallest absolute Gasteiger partial charge is 0.313 e. The summed E-state index contributed by atoms with van der Waals surface area (Å²) in [5.41, 5.74) is -0.679. The molecule has 2 amide bonds. The van der Waals surface area contributed by atoms with E-state index in [-0.39, 0.29) is 12.4 Å². The molecule has 1 aromatic heterocycles. The third-order valence-corrected chi connectivity index (χ3v) is 3.23. The summed E-state index contributed by atoms with van der Waals surface area (Å²) in [4.78, 5) is 27.3.